The molecular weight excluding hydrogens is 408 g/mol. The highest BCUT2D eigenvalue weighted by atomic mass is 16.2. The van der Waals surface area contributed by atoms with Crippen molar-refractivity contribution in [2.24, 2.45) is 0 Å². The van der Waals surface area contributed by atoms with Gasteiger partial charge in [-0.25, -0.2) is 4.79 Å². The molecule has 8 heteroatoms. The fraction of sp³-hybridized carbons (Fsp3) is 0.333. The van der Waals surface area contributed by atoms with Crippen LogP contribution in [-0.2, 0) is 28.0 Å². The lowest BCUT2D eigenvalue weighted by atomic mass is 9.89. The molecule has 2 aliphatic rings. The Hall–Kier alpha value is -3.68. The van der Waals surface area contributed by atoms with Gasteiger partial charge < -0.3 is 15.5 Å². The number of benzene rings is 2. The first-order valence-electron chi connectivity index (χ1n) is 10.6. The smallest absolute Gasteiger partial charge is 0.325 e. The molecule has 1 saturated heterocycles. The molecule has 166 valence electrons. The second kappa shape index (κ2) is 8.11. The number of amides is 5. The SMILES string of the molecule is CN(C)C(=O)c1ccc(NC(=O)CN2C(=O)N[C@](C)(c3ccc4c(c3)CCC4)C2=O)cc1. The Kier molecular flexibility index (Phi) is 5.46. The molecule has 0 bridgehead atoms. The molecule has 1 aliphatic carbocycles. The molecule has 1 atom stereocenters. The number of hydrogen-bond donors (Lipinski definition) is 2. The quantitative estimate of drug-likeness (QED) is 0.706. The molecule has 0 unspecified atom stereocenters. The van der Waals surface area contributed by atoms with Gasteiger partial charge in [-0.05, 0) is 67.1 Å². The first-order chi connectivity index (χ1) is 15.2. The summed E-state index contributed by atoms with van der Waals surface area (Å²) >= 11 is 0. The predicted octanol–water partition coefficient (Wildman–Crippen LogP) is 2.28. The number of carbonyl (C=O) groups excluding carboxylic acids is 4. The molecule has 0 saturated carbocycles. The van der Waals surface area contributed by atoms with E-state index in [0.29, 0.717) is 11.3 Å². The van der Waals surface area contributed by atoms with Crippen molar-refractivity contribution in [2.75, 3.05) is 26.0 Å². The van der Waals surface area contributed by atoms with Gasteiger partial charge in [0.05, 0.1) is 0 Å². The van der Waals surface area contributed by atoms with Gasteiger partial charge in [0, 0.05) is 25.3 Å². The number of rotatable bonds is 5. The van der Waals surface area contributed by atoms with Crippen LogP contribution in [0.25, 0.3) is 0 Å². The number of urea groups is 1. The molecule has 2 aromatic rings. The van der Waals surface area contributed by atoms with Crippen molar-refractivity contribution in [1.82, 2.24) is 15.1 Å². The van der Waals surface area contributed by atoms with E-state index in [1.807, 2.05) is 18.2 Å². The van der Waals surface area contributed by atoms with Gasteiger partial charge in [0.25, 0.3) is 11.8 Å². The average molecular weight is 434 g/mol. The molecule has 4 rings (SSSR count). The van der Waals surface area contributed by atoms with Crippen molar-refractivity contribution in [3.63, 3.8) is 0 Å². The van der Waals surface area contributed by atoms with Gasteiger partial charge in [-0.1, -0.05) is 18.2 Å². The van der Waals surface area contributed by atoms with Crippen LogP contribution in [0.1, 0.15) is 40.4 Å². The van der Waals surface area contributed by atoms with E-state index in [1.54, 1.807) is 45.3 Å². The first-order valence-corrected chi connectivity index (χ1v) is 10.6. The van der Waals surface area contributed by atoms with E-state index < -0.39 is 29.9 Å². The summed E-state index contributed by atoms with van der Waals surface area (Å²) in [6.07, 6.45) is 3.09. The summed E-state index contributed by atoms with van der Waals surface area (Å²) in [5.74, 6) is -1.10. The van der Waals surface area contributed by atoms with Gasteiger partial charge >= 0.3 is 6.03 Å². The van der Waals surface area contributed by atoms with Crippen LogP contribution in [0.3, 0.4) is 0 Å². The van der Waals surface area contributed by atoms with Crippen LogP contribution >= 0.6 is 0 Å². The van der Waals surface area contributed by atoms with Gasteiger partial charge in [0.15, 0.2) is 0 Å². The molecule has 8 nitrogen and oxygen atoms in total. The third kappa shape index (κ3) is 3.84. The number of anilines is 1. The highest BCUT2D eigenvalue weighted by Crippen LogP contribution is 2.32. The van der Waals surface area contributed by atoms with Crippen LogP contribution in [0.5, 0.6) is 0 Å². The Balaban J connectivity index is 1.44. The van der Waals surface area contributed by atoms with Gasteiger partial charge in [-0.2, -0.15) is 0 Å². The van der Waals surface area contributed by atoms with E-state index in [4.69, 9.17) is 0 Å². The minimum atomic E-state index is -1.21. The molecule has 1 heterocycles. The lowest BCUT2D eigenvalue weighted by Gasteiger charge is -2.23. The van der Waals surface area contributed by atoms with Crippen LogP contribution in [-0.4, -0.2) is 54.2 Å². The van der Waals surface area contributed by atoms with Gasteiger partial charge in [-0.15, -0.1) is 0 Å². The fourth-order valence-electron chi connectivity index (χ4n) is 4.22. The highest BCUT2D eigenvalue weighted by Gasteiger charge is 2.49. The zero-order chi connectivity index (χ0) is 23.0. The van der Waals surface area contributed by atoms with Crippen LogP contribution in [0.2, 0.25) is 0 Å². The maximum absolute atomic E-state index is 13.1. The molecule has 0 radical (unpaired) electrons. The molecule has 0 spiro atoms. The second-order valence-electron chi connectivity index (χ2n) is 8.61. The molecule has 32 heavy (non-hydrogen) atoms. The lowest BCUT2D eigenvalue weighted by Crippen LogP contribution is -2.42. The number of imide groups is 1. The monoisotopic (exact) mass is 434 g/mol. The average Bonchev–Trinajstić information content (AvgIpc) is 3.32. The molecule has 1 aliphatic heterocycles. The summed E-state index contributed by atoms with van der Waals surface area (Å²) in [4.78, 5) is 52.6. The summed E-state index contributed by atoms with van der Waals surface area (Å²) in [7, 11) is 3.32. The number of aryl methyl sites for hydroxylation is 2. The Morgan fingerprint density at radius 3 is 2.44 bits per heavy atom. The summed E-state index contributed by atoms with van der Waals surface area (Å²) in [6.45, 7) is 1.27. The van der Waals surface area contributed by atoms with E-state index in [1.165, 1.54) is 16.0 Å². The Morgan fingerprint density at radius 2 is 1.75 bits per heavy atom. The maximum atomic E-state index is 13.1. The van der Waals surface area contributed by atoms with Crippen LogP contribution < -0.4 is 10.6 Å². The first kappa shape index (κ1) is 21.5. The fourth-order valence-corrected chi connectivity index (χ4v) is 4.22. The van der Waals surface area contributed by atoms with Gasteiger partial charge in [-0.3, -0.25) is 19.3 Å². The molecule has 5 amide bonds. The molecule has 0 aromatic heterocycles. The number of carbonyl (C=O) groups is 4. The third-order valence-corrected chi connectivity index (χ3v) is 6.07. The van der Waals surface area contributed by atoms with E-state index in [0.717, 1.165) is 29.7 Å². The number of fused-ring (bicyclic) bond motifs is 1. The number of nitrogens with zero attached hydrogens (tertiary/aromatic N) is 2. The minimum absolute atomic E-state index is 0.145. The van der Waals surface area contributed by atoms with Crippen molar-refractivity contribution in [3.8, 4) is 0 Å². The predicted molar refractivity (Wildman–Crippen MR) is 119 cm³/mol. The summed E-state index contributed by atoms with van der Waals surface area (Å²) in [6, 6.07) is 11.7. The van der Waals surface area contributed by atoms with E-state index >= 15 is 0 Å². The van der Waals surface area contributed by atoms with E-state index in [9.17, 15) is 19.2 Å². The summed E-state index contributed by atoms with van der Waals surface area (Å²) in [5, 5.41) is 5.42. The Morgan fingerprint density at radius 1 is 1.06 bits per heavy atom. The number of hydrogen-bond acceptors (Lipinski definition) is 4. The molecule has 2 aromatic carbocycles. The maximum Gasteiger partial charge on any atom is 0.325 e. The summed E-state index contributed by atoms with van der Waals surface area (Å²) in [5.41, 5.74) is 2.97. The third-order valence-electron chi connectivity index (χ3n) is 6.07. The largest absolute Gasteiger partial charge is 0.345 e. The van der Waals surface area contributed by atoms with Gasteiger partial charge in [0.2, 0.25) is 5.91 Å². The Bertz CT molecular complexity index is 1110. The second-order valence-corrected chi connectivity index (χ2v) is 8.61. The highest BCUT2D eigenvalue weighted by molar-refractivity contribution is 6.10. The van der Waals surface area contributed by atoms with Crippen LogP contribution in [0.4, 0.5) is 10.5 Å². The van der Waals surface area contributed by atoms with Crippen LogP contribution in [0, 0.1) is 0 Å². The lowest BCUT2D eigenvalue weighted by molar-refractivity contribution is -0.133. The van der Waals surface area contributed by atoms with Crippen molar-refractivity contribution >= 4 is 29.4 Å². The standard InChI is InChI=1S/C24H26N4O4/c1-24(18-10-7-15-5-4-6-17(15)13-18)22(31)28(23(32)26-24)14-20(29)25-19-11-8-16(9-12-19)21(30)27(2)3/h7-13H,4-6,14H2,1-3H3,(H,25,29)(H,26,32)/t24-/m1/s1. The van der Waals surface area contributed by atoms with Crippen molar-refractivity contribution in [1.29, 1.82) is 0 Å². The molecular formula is C24H26N4O4. The minimum Gasteiger partial charge on any atom is -0.345 e. The van der Waals surface area contributed by atoms with Crippen molar-refractivity contribution in [2.45, 2.75) is 31.7 Å². The normalized spacial score (nSPS) is 19.5. The Labute approximate surface area is 186 Å². The zero-order valence-corrected chi connectivity index (χ0v) is 18.4. The molecule has 2 N–H and O–H groups in total. The molecule has 1 fully saturated rings. The van der Waals surface area contributed by atoms with Crippen molar-refractivity contribution in [3.05, 3.63) is 64.7 Å². The van der Waals surface area contributed by atoms with E-state index in [-0.39, 0.29) is 5.91 Å². The zero-order valence-electron chi connectivity index (χ0n) is 18.4. The van der Waals surface area contributed by atoms with Crippen LogP contribution in [0.15, 0.2) is 42.5 Å². The van der Waals surface area contributed by atoms with E-state index in [2.05, 4.69) is 10.6 Å². The summed E-state index contributed by atoms with van der Waals surface area (Å²) < 4.78 is 0. The number of nitrogens with one attached hydrogen (secondary N) is 2. The van der Waals surface area contributed by atoms with Crippen molar-refractivity contribution < 1.29 is 19.2 Å². The van der Waals surface area contributed by atoms with Gasteiger partial charge in [0.1, 0.15) is 12.1 Å². The topological polar surface area (TPSA) is 98.8 Å².